The summed E-state index contributed by atoms with van der Waals surface area (Å²) in [6.07, 6.45) is 0. The highest BCUT2D eigenvalue weighted by Crippen LogP contribution is 2.37. The van der Waals surface area contributed by atoms with Crippen molar-refractivity contribution in [2.24, 2.45) is 0 Å². The van der Waals surface area contributed by atoms with Crippen molar-refractivity contribution in [3.8, 4) is 11.5 Å². The Hall–Kier alpha value is -2.01. The first-order valence-electron chi connectivity index (χ1n) is 6.93. The summed E-state index contributed by atoms with van der Waals surface area (Å²) < 4.78 is 25.8. The Labute approximate surface area is 131 Å². The van der Waals surface area contributed by atoms with Crippen molar-refractivity contribution < 1.29 is 18.6 Å². The van der Waals surface area contributed by atoms with E-state index >= 15 is 0 Å². The Balaban J connectivity index is 2.80. The van der Waals surface area contributed by atoms with Crippen molar-refractivity contribution in [3.05, 3.63) is 46.0 Å². The van der Waals surface area contributed by atoms with Crippen LogP contribution in [0.4, 0.5) is 0 Å². The number of hydrogen-bond donors (Lipinski definition) is 2. The average molecular weight is 320 g/mol. The number of phenolic OH excluding ortho intramolecular Hbond substituents is 2. The molecule has 22 heavy (non-hydrogen) atoms. The highest BCUT2D eigenvalue weighted by atomic mass is 32.2. The Kier molecular flexibility index (Phi) is 3.96. The standard InChI is InChI=1S/C17H20O4S/c1-9-6-7-15(17(19)10(9)2)22(20,21)16-8-14(18)12(4)11(3)13(16)5/h6-8,18-19H,1-5H3. The predicted octanol–water partition coefficient (Wildman–Crippen LogP) is 3.47. The molecule has 2 aromatic carbocycles. The third kappa shape index (κ3) is 2.35. The van der Waals surface area contributed by atoms with Crippen molar-refractivity contribution in [2.75, 3.05) is 0 Å². The molecule has 0 atom stereocenters. The number of sulfone groups is 1. The van der Waals surface area contributed by atoms with Crippen LogP contribution in [0.25, 0.3) is 0 Å². The van der Waals surface area contributed by atoms with Crippen LogP contribution in [0.5, 0.6) is 11.5 Å². The molecule has 5 heteroatoms. The summed E-state index contributed by atoms with van der Waals surface area (Å²) in [7, 11) is -3.91. The molecule has 0 aliphatic heterocycles. The maximum absolute atomic E-state index is 12.9. The van der Waals surface area contributed by atoms with Crippen LogP contribution in [-0.2, 0) is 9.84 Å². The monoisotopic (exact) mass is 320 g/mol. The van der Waals surface area contributed by atoms with Gasteiger partial charge in [-0.3, -0.25) is 0 Å². The minimum Gasteiger partial charge on any atom is -0.508 e. The molecule has 0 aliphatic carbocycles. The Morgan fingerprint density at radius 3 is 1.95 bits per heavy atom. The van der Waals surface area contributed by atoms with Gasteiger partial charge >= 0.3 is 0 Å². The molecule has 0 radical (unpaired) electrons. The summed E-state index contributed by atoms with van der Waals surface area (Å²) in [6.45, 7) is 8.69. The van der Waals surface area contributed by atoms with E-state index in [9.17, 15) is 18.6 Å². The first-order valence-corrected chi connectivity index (χ1v) is 8.41. The van der Waals surface area contributed by atoms with Gasteiger partial charge in [-0.1, -0.05) is 6.07 Å². The molecule has 0 spiro atoms. The van der Waals surface area contributed by atoms with Gasteiger partial charge < -0.3 is 10.2 Å². The fraction of sp³-hybridized carbons (Fsp3) is 0.294. The first-order chi connectivity index (χ1) is 10.1. The molecule has 0 heterocycles. The number of phenols is 2. The van der Waals surface area contributed by atoms with Gasteiger partial charge in [-0.15, -0.1) is 0 Å². The van der Waals surface area contributed by atoms with Gasteiger partial charge in [0, 0.05) is 0 Å². The molecule has 0 saturated heterocycles. The molecule has 0 saturated carbocycles. The van der Waals surface area contributed by atoms with E-state index < -0.39 is 9.84 Å². The van der Waals surface area contributed by atoms with Gasteiger partial charge in [0.25, 0.3) is 0 Å². The van der Waals surface area contributed by atoms with Crippen LogP contribution < -0.4 is 0 Å². The maximum Gasteiger partial charge on any atom is 0.210 e. The van der Waals surface area contributed by atoms with Crippen LogP contribution in [0, 0.1) is 34.6 Å². The van der Waals surface area contributed by atoms with Crippen LogP contribution in [-0.4, -0.2) is 18.6 Å². The largest absolute Gasteiger partial charge is 0.508 e. The molecule has 2 N–H and O–H groups in total. The first kappa shape index (κ1) is 16.4. The third-order valence-electron chi connectivity index (χ3n) is 4.39. The second-order valence-electron chi connectivity index (χ2n) is 5.63. The molecule has 2 aromatic rings. The fourth-order valence-electron chi connectivity index (χ4n) is 2.39. The van der Waals surface area contributed by atoms with Crippen molar-refractivity contribution in [1.82, 2.24) is 0 Å². The van der Waals surface area contributed by atoms with Crippen LogP contribution in [0.1, 0.15) is 27.8 Å². The van der Waals surface area contributed by atoms with E-state index in [4.69, 9.17) is 0 Å². The number of aryl methyl sites for hydroxylation is 1. The molecule has 118 valence electrons. The third-order valence-corrected chi connectivity index (χ3v) is 6.30. The van der Waals surface area contributed by atoms with Crippen LogP contribution >= 0.6 is 0 Å². The summed E-state index contributed by atoms with van der Waals surface area (Å²) >= 11 is 0. The summed E-state index contributed by atoms with van der Waals surface area (Å²) in [5.74, 6) is -0.304. The molecule has 0 unspecified atom stereocenters. The van der Waals surface area contributed by atoms with Crippen LogP contribution in [0.3, 0.4) is 0 Å². The molecule has 0 amide bonds. The second-order valence-corrected chi connectivity index (χ2v) is 7.51. The lowest BCUT2D eigenvalue weighted by atomic mass is 10.0. The van der Waals surface area contributed by atoms with E-state index in [0.29, 0.717) is 16.7 Å². The lowest BCUT2D eigenvalue weighted by Crippen LogP contribution is -2.07. The highest BCUT2D eigenvalue weighted by molar-refractivity contribution is 7.91. The topological polar surface area (TPSA) is 74.6 Å². The number of benzene rings is 2. The maximum atomic E-state index is 12.9. The van der Waals surface area contributed by atoms with E-state index in [1.807, 2.05) is 0 Å². The van der Waals surface area contributed by atoms with Gasteiger partial charge in [-0.2, -0.15) is 0 Å². The zero-order chi connectivity index (χ0) is 16.8. The Morgan fingerprint density at radius 1 is 0.773 bits per heavy atom. The normalized spacial score (nSPS) is 11.7. The molecule has 4 nitrogen and oxygen atoms in total. The quantitative estimate of drug-likeness (QED) is 0.888. The summed E-state index contributed by atoms with van der Waals surface area (Å²) in [6, 6.07) is 4.32. The van der Waals surface area contributed by atoms with Crippen molar-refractivity contribution in [1.29, 1.82) is 0 Å². The van der Waals surface area contributed by atoms with Gasteiger partial charge in [-0.05, 0) is 74.6 Å². The second kappa shape index (κ2) is 5.32. The van der Waals surface area contributed by atoms with Crippen molar-refractivity contribution in [3.63, 3.8) is 0 Å². The van der Waals surface area contributed by atoms with E-state index in [0.717, 1.165) is 11.1 Å². The van der Waals surface area contributed by atoms with Crippen molar-refractivity contribution >= 4 is 9.84 Å². The lowest BCUT2D eigenvalue weighted by molar-refractivity contribution is 0.453. The molecule has 2 rings (SSSR count). The van der Waals surface area contributed by atoms with Gasteiger partial charge in [0.1, 0.15) is 16.4 Å². The van der Waals surface area contributed by atoms with Crippen LogP contribution in [0.15, 0.2) is 28.0 Å². The smallest absolute Gasteiger partial charge is 0.210 e. The summed E-state index contributed by atoms with van der Waals surface area (Å²) in [5.41, 5.74) is 3.30. The summed E-state index contributed by atoms with van der Waals surface area (Å²) in [4.78, 5) is -0.118. The molecular weight excluding hydrogens is 300 g/mol. The number of rotatable bonds is 2. The Bertz CT molecular complexity index is 865. The minimum absolute atomic E-state index is 0.0200. The van der Waals surface area contributed by atoms with Gasteiger partial charge in [-0.25, -0.2) is 8.42 Å². The zero-order valence-electron chi connectivity index (χ0n) is 13.4. The number of aromatic hydroxyl groups is 2. The lowest BCUT2D eigenvalue weighted by Gasteiger charge is -2.15. The van der Waals surface area contributed by atoms with E-state index in [2.05, 4.69) is 0 Å². The SMILES string of the molecule is Cc1ccc(S(=O)(=O)c2cc(O)c(C)c(C)c2C)c(O)c1C. The summed E-state index contributed by atoms with van der Waals surface area (Å²) in [5, 5.41) is 20.2. The van der Waals surface area contributed by atoms with Gasteiger partial charge in [0.15, 0.2) is 0 Å². The minimum atomic E-state index is -3.91. The molecular formula is C17H20O4S. The van der Waals surface area contributed by atoms with Crippen LogP contribution in [0.2, 0.25) is 0 Å². The Morgan fingerprint density at radius 2 is 1.36 bits per heavy atom. The number of hydrogen-bond acceptors (Lipinski definition) is 4. The fourth-order valence-corrected chi connectivity index (χ4v) is 4.10. The molecule has 0 aliphatic rings. The molecule has 0 bridgehead atoms. The van der Waals surface area contributed by atoms with Gasteiger partial charge in [0.05, 0.1) is 4.90 Å². The van der Waals surface area contributed by atoms with E-state index in [-0.39, 0.29) is 21.3 Å². The average Bonchev–Trinajstić information content (AvgIpc) is 2.46. The predicted molar refractivity (Wildman–Crippen MR) is 85.4 cm³/mol. The zero-order valence-corrected chi connectivity index (χ0v) is 14.2. The highest BCUT2D eigenvalue weighted by Gasteiger charge is 2.26. The van der Waals surface area contributed by atoms with Gasteiger partial charge in [0.2, 0.25) is 9.84 Å². The molecule has 0 fully saturated rings. The van der Waals surface area contributed by atoms with E-state index in [1.165, 1.54) is 12.1 Å². The van der Waals surface area contributed by atoms with E-state index in [1.54, 1.807) is 40.7 Å². The van der Waals surface area contributed by atoms with Crippen molar-refractivity contribution in [2.45, 2.75) is 44.4 Å². The molecule has 0 aromatic heterocycles.